The van der Waals surface area contributed by atoms with Crippen LogP contribution in [0.4, 0.5) is 16.2 Å². The number of hydrogen-bond donors (Lipinski definition) is 4. The van der Waals surface area contributed by atoms with E-state index in [-0.39, 0.29) is 24.3 Å². The number of carbonyl (C=O) groups excluding carboxylic acids is 2. The molecular weight excluding hydrogens is 280 g/mol. The highest BCUT2D eigenvalue weighted by Crippen LogP contribution is 2.33. The third-order valence-corrected chi connectivity index (χ3v) is 2.96. The maximum absolute atomic E-state index is 11.8. The molecule has 1 saturated carbocycles. The van der Waals surface area contributed by atoms with Crippen LogP contribution in [0.1, 0.15) is 19.8 Å². The quantitative estimate of drug-likeness (QED) is 0.681. The van der Waals surface area contributed by atoms with Crippen molar-refractivity contribution in [3.05, 3.63) is 24.3 Å². The number of rotatable bonds is 4. The second-order valence-corrected chi connectivity index (χ2v) is 4.68. The van der Waals surface area contributed by atoms with Gasteiger partial charge in [0.25, 0.3) is 0 Å². The highest BCUT2D eigenvalue weighted by Gasteiger charge is 2.45. The Morgan fingerprint density at radius 3 is 2.40 bits per heavy atom. The van der Waals surface area contributed by atoms with Gasteiger partial charge in [0.05, 0.1) is 5.54 Å². The van der Waals surface area contributed by atoms with Crippen LogP contribution in [0.25, 0.3) is 0 Å². The Balaban J connectivity index is 0.00000200. The van der Waals surface area contributed by atoms with Gasteiger partial charge in [-0.3, -0.25) is 4.79 Å². The number of amides is 3. The van der Waals surface area contributed by atoms with Crippen molar-refractivity contribution in [2.45, 2.75) is 25.3 Å². The first-order valence-electron chi connectivity index (χ1n) is 6.29. The Morgan fingerprint density at radius 1 is 1.25 bits per heavy atom. The Bertz CT molecular complexity index is 503. The Labute approximate surface area is 123 Å². The van der Waals surface area contributed by atoms with E-state index in [1.807, 2.05) is 6.92 Å². The summed E-state index contributed by atoms with van der Waals surface area (Å²) < 4.78 is 0. The van der Waals surface area contributed by atoms with E-state index in [0.29, 0.717) is 17.9 Å². The summed E-state index contributed by atoms with van der Waals surface area (Å²) in [5.41, 5.74) is 6.34. The zero-order valence-corrected chi connectivity index (χ0v) is 12.0. The topological polar surface area (TPSA) is 96.2 Å². The van der Waals surface area contributed by atoms with Crippen LogP contribution in [0.2, 0.25) is 0 Å². The lowest BCUT2D eigenvalue weighted by atomic mass is 10.2. The molecule has 0 unspecified atom stereocenters. The standard InChI is InChI=1S/C13H18N4O2.ClH/c1-2-15-12(19)17-10-5-3-4-9(8-10)16-11(18)13(14)6-7-13;/h3-5,8H,2,6-7,14H2,1H3,(H,16,18)(H2,15,17,19);1H. The van der Waals surface area contributed by atoms with E-state index in [1.54, 1.807) is 24.3 Å². The number of carbonyl (C=O) groups is 2. The highest BCUT2D eigenvalue weighted by atomic mass is 35.5. The molecule has 0 saturated heterocycles. The van der Waals surface area contributed by atoms with Gasteiger partial charge in [0.15, 0.2) is 0 Å². The monoisotopic (exact) mass is 298 g/mol. The number of nitrogens with two attached hydrogens (primary N) is 1. The smallest absolute Gasteiger partial charge is 0.319 e. The number of hydrogen-bond acceptors (Lipinski definition) is 3. The Morgan fingerprint density at radius 2 is 1.85 bits per heavy atom. The normalized spacial score (nSPS) is 14.7. The molecule has 20 heavy (non-hydrogen) atoms. The molecule has 6 nitrogen and oxygen atoms in total. The van der Waals surface area contributed by atoms with Crippen molar-refractivity contribution in [2.24, 2.45) is 5.73 Å². The van der Waals surface area contributed by atoms with E-state index in [2.05, 4.69) is 16.0 Å². The molecule has 7 heteroatoms. The average molecular weight is 299 g/mol. The molecule has 1 aromatic rings. The van der Waals surface area contributed by atoms with Crippen LogP contribution in [-0.4, -0.2) is 24.0 Å². The minimum absolute atomic E-state index is 0. The maximum Gasteiger partial charge on any atom is 0.319 e. The fourth-order valence-corrected chi connectivity index (χ4v) is 1.63. The van der Waals surface area contributed by atoms with Crippen LogP contribution in [0, 0.1) is 0 Å². The molecule has 0 bridgehead atoms. The molecular formula is C13H19ClN4O2. The van der Waals surface area contributed by atoms with Crippen molar-refractivity contribution in [3.63, 3.8) is 0 Å². The van der Waals surface area contributed by atoms with Gasteiger partial charge in [0.1, 0.15) is 0 Å². The average Bonchev–Trinajstić information content (AvgIpc) is 3.09. The number of halogens is 1. The molecule has 1 aliphatic carbocycles. The lowest BCUT2D eigenvalue weighted by Crippen LogP contribution is -2.37. The molecule has 0 radical (unpaired) electrons. The van der Waals surface area contributed by atoms with E-state index in [0.717, 1.165) is 12.8 Å². The van der Waals surface area contributed by atoms with Crippen molar-refractivity contribution in [3.8, 4) is 0 Å². The lowest BCUT2D eigenvalue weighted by Gasteiger charge is -2.11. The Kier molecular flexibility index (Phi) is 5.35. The molecule has 0 atom stereocenters. The highest BCUT2D eigenvalue weighted by molar-refractivity contribution is 6.00. The van der Waals surface area contributed by atoms with E-state index in [1.165, 1.54) is 0 Å². The molecule has 0 heterocycles. The minimum Gasteiger partial charge on any atom is -0.338 e. The van der Waals surface area contributed by atoms with Crippen molar-refractivity contribution in [1.29, 1.82) is 0 Å². The third kappa shape index (κ3) is 4.11. The lowest BCUT2D eigenvalue weighted by molar-refractivity contribution is -0.118. The molecule has 1 fully saturated rings. The summed E-state index contributed by atoms with van der Waals surface area (Å²) in [6, 6.07) is 6.68. The van der Waals surface area contributed by atoms with Crippen molar-refractivity contribution < 1.29 is 9.59 Å². The first-order valence-corrected chi connectivity index (χ1v) is 6.29. The van der Waals surface area contributed by atoms with Crippen LogP contribution in [0.5, 0.6) is 0 Å². The SMILES string of the molecule is CCNC(=O)Nc1cccc(NC(=O)C2(N)CC2)c1.Cl. The summed E-state index contributed by atoms with van der Waals surface area (Å²) in [7, 11) is 0. The van der Waals surface area contributed by atoms with Crippen LogP contribution >= 0.6 is 12.4 Å². The summed E-state index contributed by atoms with van der Waals surface area (Å²) in [4.78, 5) is 23.2. The number of anilines is 2. The second kappa shape index (κ2) is 6.58. The number of nitrogens with one attached hydrogen (secondary N) is 3. The zero-order chi connectivity index (χ0) is 13.9. The van der Waals surface area contributed by atoms with Crippen LogP contribution in [-0.2, 0) is 4.79 Å². The predicted octanol–water partition coefficient (Wildman–Crippen LogP) is 1.68. The van der Waals surface area contributed by atoms with E-state index < -0.39 is 5.54 Å². The summed E-state index contributed by atoms with van der Waals surface area (Å²) in [5, 5.41) is 8.06. The molecule has 0 aromatic heterocycles. The van der Waals surface area contributed by atoms with Crippen LogP contribution < -0.4 is 21.7 Å². The van der Waals surface area contributed by atoms with Crippen molar-refractivity contribution >= 4 is 35.7 Å². The molecule has 2 rings (SSSR count). The van der Waals surface area contributed by atoms with E-state index in [9.17, 15) is 9.59 Å². The molecule has 0 spiro atoms. The molecule has 1 aliphatic rings. The molecule has 0 aliphatic heterocycles. The van der Waals surface area contributed by atoms with E-state index in [4.69, 9.17) is 5.73 Å². The van der Waals surface area contributed by atoms with Gasteiger partial charge >= 0.3 is 6.03 Å². The van der Waals surface area contributed by atoms with Crippen LogP contribution in [0.3, 0.4) is 0 Å². The molecule has 110 valence electrons. The maximum atomic E-state index is 11.8. The van der Waals surface area contributed by atoms with Gasteiger partial charge in [-0.1, -0.05) is 6.07 Å². The molecule has 5 N–H and O–H groups in total. The predicted molar refractivity (Wildman–Crippen MR) is 81.2 cm³/mol. The minimum atomic E-state index is -0.705. The van der Waals surface area contributed by atoms with Gasteiger partial charge in [-0.2, -0.15) is 0 Å². The van der Waals surface area contributed by atoms with E-state index >= 15 is 0 Å². The second-order valence-electron chi connectivity index (χ2n) is 4.68. The molecule has 1 aromatic carbocycles. The Hall–Kier alpha value is -1.79. The number of urea groups is 1. The summed E-state index contributed by atoms with van der Waals surface area (Å²) >= 11 is 0. The first-order chi connectivity index (χ1) is 9.03. The first kappa shape index (κ1) is 16.3. The largest absolute Gasteiger partial charge is 0.338 e. The van der Waals surface area contributed by atoms with Crippen molar-refractivity contribution in [1.82, 2.24) is 5.32 Å². The molecule has 3 amide bonds. The summed E-state index contributed by atoms with van der Waals surface area (Å²) in [5.74, 6) is -0.178. The van der Waals surface area contributed by atoms with Gasteiger partial charge in [-0.05, 0) is 38.0 Å². The van der Waals surface area contributed by atoms with Gasteiger partial charge < -0.3 is 21.7 Å². The van der Waals surface area contributed by atoms with Gasteiger partial charge in [0.2, 0.25) is 5.91 Å². The zero-order valence-electron chi connectivity index (χ0n) is 11.2. The van der Waals surface area contributed by atoms with Gasteiger partial charge in [-0.25, -0.2) is 4.79 Å². The fraction of sp³-hybridized carbons (Fsp3) is 0.385. The third-order valence-electron chi connectivity index (χ3n) is 2.96. The summed E-state index contributed by atoms with van der Waals surface area (Å²) in [6.07, 6.45) is 1.44. The van der Waals surface area contributed by atoms with Crippen molar-refractivity contribution in [2.75, 3.05) is 17.2 Å². The van der Waals surface area contributed by atoms with Gasteiger partial charge in [-0.15, -0.1) is 12.4 Å². The van der Waals surface area contributed by atoms with Crippen LogP contribution in [0.15, 0.2) is 24.3 Å². The summed E-state index contributed by atoms with van der Waals surface area (Å²) in [6.45, 7) is 2.39. The fourth-order valence-electron chi connectivity index (χ4n) is 1.63. The van der Waals surface area contributed by atoms with Gasteiger partial charge in [0, 0.05) is 17.9 Å². The number of benzene rings is 1.